The molecule has 9 N–H and O–H groups in total. The van der Waals surface area contributed by atoms with Gasteiger partial charge in [-0.2, -0.15) is 0 Å². The first kappa shape index (κ1) is 50.9. The van der Waals surface area contributed by atoms with Crippen molar-refractivity contribution in [3.8, 4) is 0 Å². The monoisotopic (exact) mass is 806 g/mol. The first-order valence-electron chi connectivity index (χ1n) is 21.9. The summed E-state index contributed by atoms with van der Waals surface area (Å²) in [4.78, 5) is 13.0. The quantitative estimate of drug-likeness (QED) is 0.0350. The van der Waals surface area contributed by atoms with Crippen LogP contribution in [-0.4, -0.2) is 140 Å². The molecule has 2 aliphatic rings. The average Bonchev–Trinajstić information content (AvgIpc) is 3.19. The number of carbonyl (C=O) groups excluding carboxylic acids is 1. The van der Waals surface area contributed by atoms with Crippen LogP contribution in [0.2, 0.25) is 0 Å². The molecule has 0 aromatic rings. The second-order valence-electron chi connectivity index (χ2n) is 15.8. The van der Waals surface area contributed by atoms with Crippen molar-refractivity contribution < 1.29 is 64.6 Å². The summed E-state index contributed by atoms with van der Waals surface area (Å²) in [5.74, 6) is -0.244. The van der Waals surface area contributed by atoms with Gasteiger partial charge in [0.05, 0.1) is 32.0 Å². The molecule has 2 saturated heterocycles. The van der Waals surface area contributed by atoms with Crippen LogP contribution in [0.4, 0.5) is 0 Å². The van der Waals surface area contributed by atoms with Crippen LogP contribution in [0.15, 0.2) is 12.2 Å². The van der Waals surface area contributed by atoms with Crippen molar-refractivity contribution in [1.82, 2.24) is 5.32 Å². The number of hydrogen-bond donors (Lipinski definition) is 9. The van der Waals surface area contributed by atoms with E-state index in [0.29, 0.717) is 6.42 Å². The third-order valence-electron chi connectivity index (χ3n) is 11.0. The van der Waals surface area contributed by atoms with E-state index < -0.39 is 86.8 Å². The van der Waals surface area contributed by atoms with Gasteiger partial charge in [0.25, 0.3) is 0 Å². The van der Waals surface area contributed by atoms with Crippen molar-refractivity contribution in [3.63, 3.8) is 0 Å². The number of aliphatic hydroxyl groups excluding tert-OH is 8. The molecule has 4 unspecified atom stereocenters. The highest BCUT2D eigenvalue weighted by molar-refractivity contribution is 5.76. The molecule has 0 aromatic heterocycles. The van der Waals surface area contributed by atoms with Gasteiger partial charge in [-0.25, -0.2) is 0 Å². The Hall–Kier alpha value is -1.27. The molecule has 0 saturated carbocycles. The second kappa shape index (κ2) is 30.7. The summed E-state index contributed by atoms with van der Waals surface area (Å²) >= 11 is 0. The van der Waals surface area contributed by atoms with Gasteiger partial charge in [-0.05, 0) is 19.3 Å². The zero-order valence-corrected chi connectivity index (χ0v) is 34.4. The summed E-state index contributed by atoms with van der Waals surface area (Å²) in [5.41, 5.74) is 0. The van der Waals surface area contributed by atoms with Crippen LogP contribution in [0.3, 0.4) is 0 Å². The average molecular weight is 806 g/mol. The second-order valence-corrected chi connectivity index (χ2v) is 15.8. The van der Waals surface area contributed by atoms with Gasteiger partial charge in [0, 0.05) is 6.42 Å². The van der Waals surface area contributed by atoms with Gasteiger partial charge in [-0.1, -0.05) is 142 Å². The van der Waals surface area contributed by atoms with Crippen molar-refractivity contribution in [3.05, 3.63) is 12.2 Å². The van der Waals surface area contributed by atoms with Crippen LogP contribution in [0.5, 0.6) is 0 Å². The van der Waals surface area contributed by atoms with E-state index in [2.05, 4.69) is 19.2 Å². The molecule has 0 aliphatic carbocycles. The summed E-state index contributed by atoms with van der Waals surface area (Å²) in [6, 6.07) is -0.904. The molecular weight excluding hydrogens is 726 g/mol. The van der Waals surface area contributed by atoms with Gasteiger partial charge in [0.2, 0.25) is 5.91 Å². The van der Waals surface area contributed by atoms with Gasteiger partial charge < -0.3 is 65.1 Å². The Labute approximate surface area is 336 Å². The Bertz CT molecular complexity index is 1000. The van der Waals surface area contributed by atoms with Crippen molar-refractivity contribution in [2.45, 2.75) is 229 Å². The van der Waals surface area contributed by atoms with Crippen LogP contribution in [0.1, 0.15) is 155 Å². The summed E-state index contributed by atoms with van der Waals surface area (Å²) in [5, 5.41) is 86.2. The van der Waals surface area contributed by atoms with E-state index in [1.54, 1.807) is 6.08 Å². The van der Waals surface area contributed by atoms with Gasteiger partial charge in [-0.15, -0.1) is 0 Å². The molecule has 0 spiro atoms. The van der Waals surface area contributed by atoms with Crippen molar-refractivity contribution in [2.24, 2.45) is 0 Å². The standard InChI is InChI=1S/C42H79NO13/c1-3-5-7-9-11-13-15-16-17-19-21-23-25-31(46)30(43-34(47)26-24-22-20-18-14-12-10-8-6-4-2)29-53-41-39(52)37(50)40(33(28-45)55-41)56-42-38(51)36(49)35(48)32(27-44)54-42/h23,25,30-33,35-42,44-46,48-52H,3-22,24,26-29H2,1-2H3,(H,43,47)/b25-23+/t30-,31+,32+,33+,35-,36?,37?,38?,39?,40+,41+,42-/m0/s1. The predicted octanol–water partition coefficient (Wildman–Crippen LogP) is 3.65. The van der Waals surface area contributed by atoms with Crippen LogP contribution in [0.25, 0.3) is 0 Å². The van der Waals surface area contributed by atoms with E-state index in [1.165, 1.54) is 89.9 Å². The van der Waals surface area contributed by atoms with Gasteiger partial charge in [0.15, 0.2) is 12.6 Å². The van der Waals surface area contributed by atoms with Crippen molar-refractivity contribution >= 4 is 5.91 Å². The fourth-order valence-corrected chi connectivity index (χ4v) is 7.29. The molecule has 2 aliphatic heterocycles. The number of rotatable bonds is 32. The maximum absolute atomic E-state index is 13.0. The van der Waals surface area contributed by atoms with Gasteiger partial charge >= 0.3 is 0 Å². The molecule has 1 amide bonds. The Morgan fingerprint density at radius 1 is 0.625 bits per heavy atom. The first-order valence-corrected chi connectivity index (χ1v) is 21.9. The Kier molecular flexibility index (Phi) is 27.9. The van der Waals surface area contributed by atoms with E-state index in [4.69, 9.17) is 18.9 Å². The van der Waals surface area contributed by atoms with Crippen LogP contribution < -0.4 is 5.32 Å². The Morgan fingerprint density at radius 2 is 1.11 bits per heavy atom. The third kappa shape index (κ3) is 19.2. The van der Waals surface area contributed by atoms with Gasteiger partial charge in [-0.3, -0.25) is 4.79 Å². The van der Waals surface area contributed by atoms with Gasteiger partial charge in [0.1, 0.15) is 48.8 Å². The molecule has 14 heteroatoms. The molecule has 56 heavy (non-hydrogen) atoms. The fraction of sp³-hybridized carbons (Fsp3) is 0.929. The van der Waals surface area contributed by atoms with Crippen molar-refractivity contribution in [2.75, 3.05) is 19.8 Å². The lowest BCUT2D eigenvalue weighted by molar-refractivity contribution is -0.359. The zero-order valence-electron chi connectivity index (χ0n) is 34.4. The number of carbonyl (C=O) groups is 1. The smallest absolute Gasteiger partial charge is 0.220 e. The molecule has 2 heterocycles. The van der Waals surface area contributed by atoms with Crippen LogP contribution in [-0.2, 0) is 23.7 Å². The molecule has 0 bridgehead atoms. The topological polar surface area (TPSA) is 228 Å². The maximum atomic E-state index is 13.0. The number of aliphatic hydroxyl groups is 8. The normalized spacial score (nSPS) is 29.5. The molecule has 0 aromatic carbocycles. The summed E-state index contributed by atoms with van der Waals surface area (Å²) in [6.07, 6.45) is 11.3. The van der Waals surface area contributed by atoms with E-state index in [1.807, 2.05) is 6.08 Å². The Balaban J connectivity index is 1.93. The first-order chi connectivity index (χ1) is 27.1. The summed E-state index contributed by atoms with van der Waals surface area (Å²) < 4.78 is 22.6. The predicted molar refractivity (Wildman–Crippen MR) is 212 cm³/mol. The summed E-state index contributed by atoms with van der Waals surface area (Å²) in [6.45, 7) is 2.73. The maximum Gasteiger partial charge on any atom is 0.220 e. The largest absolute Gasteiger partial charge is 0.394 e. The minimum Gasteiger partial charge on any atom is -0.394 e. The number of amides is 1. The van der Waals surface area contributed by atoms with Crippen LogP contribution in [0, 0.1) is 0 Å². The molecular formula is C42H79NO13. The van der Waals surface area contributed by atoms with E-state index in [0.717, 1.165) is 38.5 Å². The molecule has 2 fully saturated rings. The highest BCUT2D eigenvalue weighted by Gasteiger charge is 2.50. The SMILES string of the molecule is CCCCCCCCCCCC/C=C/[C@@H](O)[C@H](CO[C@@H]1O[C@H](CO)[C@@H](O[C@@H]2O[C@H](CO)[C@H](O)C(O)C2O)C(O)C1O)NC(=O)CCCCCCCCCCCC. The lowest BCUT2D eigenvalue weighted by Gasteiger charge is -2.46. The molecule has 2 rings (SSSR count). The highest BCUT2D eigenvalue weighted by atomic mass is 16.7. The zero-order chi connectivity index (χ0) is 41.1. The third-order valence-corrected chi connectivity index (χ3v) is 11.0. The summed E-state index contributed by atoms with van der Waals surface area (Å²) in [7, 11) is 0. The molecule has 12 atom stereocenters. The number of nitrogens with one attached hydrogen (secondary N) is 1. The van der Waals surface area contributed by atoms with E-state index in [-0.39, 0.29) is 18.9 Å². The number of hydrogen-bond acceptors (Lipinski definition) is 13. The molecule has 330 valence electrons. The number of unbranched alkanes of at least 4 members (excludes halogenated alkanes) is 19. The fourth-order valence-electron chi connectivity index (χ4n) is 7.29. The lowest BCUT2D eigenvalue weighted by atomic mass is 9.97. The molecule has 14 nitrogen and oxygen atoms in total. The van der Waals surface area contributed by atoms with Crippen LogP contribution >= 0.6 is 0 Å². The highest BCUT2D eigenvalue weighted by Crippen LogP contribution is 2.30. The Morgan fingerprint density at radius 3 is 1.64 bits per heavy atom. The lowest BCUT2D eigenvalue weighted by Crippen LogP contribution is -2.65. The number of allylic oxidation sites excluding steroid dienone is 1. The van der Waals surface area contributed by atoms with Crippen molar-refractivity contribution in [1.29, 1.82) is 0 Å². The minimum absolute atomic E-state index is 0.244. The number of ether oxygens (including phenoxy) is 4. The van der Waals surface area contributed by atoms with E-state index >= 15 is 0 Å². The van der Waals surface area contributed by atoms with E-state index in [9.17, 15) is 45.6 Å². The minimum atomic E-state index is -1.78. The molecule has 0 radical (unpaired) electrons.